The SMILES string of the molecule is CC(NC(=O)CCC(C)(C)O)c1cccc(OCc2ccc(C(C(=O)O)C(=O)O)cc2)c1. The molecule has 8 heteroatoms. The summed E-state index contributed by atoms with van der Waals surface area (Å²) in [6.07, 6.45) is 0.595. The molecule has 0 aliphatic rings. The summed E-state index contributed by atoms with van der Waals surface area (Å²) < 4.78 is 5.80. The Bertz CT molecular complexity index is 934. The minimum Gasteiger partial charge on any atom is -0.489 e. The molecule has 2 aromatic carbocycles. The lowest BCUT2D eigenvalue weighted by molar-refractivity contribution is -0.150. The van der Waals surface area contributed by atoms with Crippen molar-refractivity contribution in [1.82, 2.24) is 5.32 Å². The molecular weight excluding hydrogens is 414 g/mol. The third-order valence-electron chi connectivity index (χ3n) is 4.91. The van der Waals surface area contributed by atoms with Gasteiger partial charge in [-0.1, -0.05) is 36.4 Å². The predicted octanol–water partition coefficient (Wildman–Crippen LogP) is 3.25. The summed E-state index contributed by atoms with van der Waals surface area (Å²) >= 11 is 0. The smallest absolute Gasteiger partial charge is 0.322 e. The van der Waals surface area contributed by atoms with Gasteiger partial charge < -0.3 is 25.4 Å². The molecule has 4 N–H and O–H groups in total. The number of benzene rings is 2. The number of hydrogen-bond donors (Lipinski definition) is 4. The first kappa shape index (κ1) is 24.9. The predicted molar refractivity (Wildman–Crippen MR) is 117 cm³/mol. The van der Waals surface area contributed by atoms with Gasteiger partial charge in [0.2, 0.25) is 5.91 Å². The van der Waals surface area contributed by atoms with Gasteiger partial charge in [-0.25, -0.2) is 0 Å². The van der Waals surface area contributed by atoms with Gasteiger partial charge in [0.1, 0.15) is 12.4 Å². The molecule has 172 valence electrons. The van der Waals surface area contributed by atoms with Gasteiger partial charge in [-0.15, -0.1) is 0 Å². The van der Waals surface area contributed by atoms with Crippen molar-refractivity contribution in [2.75, 3.05) is 0 Å². The Kier molecular flexibility index (Phi) is 8.37. The summed E-state index contributed by atoms with van der Waals surface area (Å²) in [5.74, 6) is -3.99. The first-order valence-corrected chi connectivity index (χ1v) is 10.3. The molecule has 0 saturated heterocycles. The van der Waals surface area contributed by atoms with E-state index in [1.165, 1.54) is 12.1 Å². The molecule has 1 amide bonds. The summed E-state index contributed by atoms with van der Waals surface area (Å²) in [6.45, 7) is 5.39. The zero-order valence-corrected chi connectivity index (χ0v) is 18.4. The topological polar surface area (TPSA) is 133 Å². The van der Waals surface area contributed by atoms with Crippen LogP contribution < -0.4 is 10.1 Å². The third-order valence-corrected chi connectivity index (χ3v) is 4.91. The normalized spacial score (nSPS) is 12.3. The lowest BCUT2D eigenvalue weighted by Crippen LogP contribution is -2.29. The fourth-order valence-electron chi connectivity index (χ4n) is 3.05. The zero-order valence-electron chi connectivity index (χ0n) is 18.4. The lowest BCUT2D eigenvalue weighted by Gasteiger charge is -2.19. The number of aliphatic carboxylic acids is 2. The van der Waals surface area contributed by atoms with Crippen LogP contribution in [-0.2, 0) is 21.0 Å². The van der Waals surface area contributed by atoms with Gasteiger partial charge in [0, 0.05) is 6.42 Å². The standard InChI is InChI=1S/C24H29NO7/c1-15(25-20(26)11-12-24(2,3)31)18-5-4-6-19(13-18)32-14-16-7-9-17(10-8-16)21(22(27)28)23(29)30/h4-10,13,15,21,31H,11-12,14H2,1-3H3,(H,25,26)(H,27,28)(H,29,30). The minimum atomic E-state index is -1.61. The van der Waals surface area contributed by atoms with E-state index in [0.717, 1.165) is 11.1 Å². The maximum atomic E-state index is 12.1. The van der Waals surface area contributed by atoms with Gasteiger partial charge in [-0.05, 0) is 56.0 Å². The highest BCUT2D eigenvalue weighted by Crippen LogP contribution is 2.22. The average Bonchev–Trinajstić information content (AvgIpc) is 2.71. The fraction of sp³-hybridized carbons (Fsp3) is 0.375. The maximum absolute atomic E-state index is 12.1. The molecule has 2 aromatic rings. The number of nitrogens with one attached hydrogen (secondary N) is 1. The van der Waals surface area contributed by atoms with E-state index < -0.39 is 23.5 Å². The fourth-order valence-corrected chi connectivity index (χ4v) is 3.05. The monoisotopic (exact) mass is 443 g/mol. The van der Waals surface area contributed by atoms with Crippen molar-refractivity contribution < 1.29 is 34.4 Å². The third kappa shape index (κ3) is 7.70. The van der Waals surface area contributed by atoms with Gasteiger partial charge in [-0.2, -0.15) is 0 Å². The Morgan fingerprint density at radius 2 is 1.62 bits per heavy atom. The Balaban J connectivity index is 1.96. The van der Waals surface area contributed by atoms with Crippen molar-refractivity contribution in [2.24, 2.45) is 0 Å². The highest BCUT2D eigenvalue weighted by atomic mass is 16.5. The minimum absolute atomic E-state index is 0.146. The first-order chi connectivity index (χ1) is 15.0. The summed E-state index contributed by atoms with van der Waals surface area (Å²) in [5.41, 5.74) is 0.904. The molecule has 2 rings (SSSR count). The Morgan fingerprint density at radius 3 is 2.19 bits per heavy atom. The van der Waals surface area contributed by atoms with Crippen LogP contribution in [0.1, 0.15) is 62.3 Å². The van der Waals surface area contributed by atoms with Crippen LogP contribution in [-0.4, -0.2) is 38.8 Å². The van der Waals surface area contributed by atoms with Crippen molar-refractivity contribution in [3.63, 3.8) is 0 Å². The average molecular weight is 443 g/mol. The van der Waals surface area contributed by atoms with Crippen molar-refractivity contribution >= 4 is 17.8 Å². The van der Waals surface area contributed by atoms with Crippen LogP contribution in [0.5, 0.6) is 5.75 Å². The maximum Gasteiger partial charge on any atom is 0.322 e. The molecule has 32 heavy (non-hydrogen) atoms. The van der Waals surface area contributed by atoms with Crippen LogP contribution in [0, 0.1) is 0 Å². The molecule has 1 unspecified atom stereocenters. The van der Waals surface area contributed by atoms with Crippen molar-refractivity contribution in [2.45, 2.75) is 57.8 Å². The van der Waals surface area contributed by atoms with E-state index in [9.17, 15) is 19.5 Å². The Labute approximate surface area is 186 Å². The highest BCUT2D eigenvalue weighted by Gasteiger charge is 2.27. The summed E-state index contributed by atoms with van der Waals surface area (Å²) in [6, 6.07) is 13.2. The van der Waals surface area contributed by atoms with Crippen LogP contribution in [0.2, 0.25) is 0 Å². The van der Waals surface area contributed by atoms with Crippen LogP contribution in [0.25, 0.3) is 0 Å². The molecular formula is C24H29NO7. The quantitative estimate of drug-likeness (QED) is 0.392. The van der Waals surface area contributed by atoms with Gasteiger partial charge in [0.25, 0.3) is 0 Å². The van der Waals surface area contributed by atoms with E-state index in [1.807, 2.05) is 25.1 Å². The summed E-state index contributed by atoms with van der Waals surface area (Å²) in [5, 5.41) is 30.8. The van der Waals surface area contributed by atoms with Crippen LogP contribution in [0.15, 0.2) is 48.5 Å². The summed E-state index contributed by atoms with van der Waals surface area (Å²) in [7, 11) is 0. The number of hydrogen-bond acceptors (Lipinski definition) is 5. The van der Waals surface area contributed by atoms with Crippen molar-refractivity contribution in [1.29, 1.82) is 0 Å². The van der Waals surface area contributed by atoms with Gasteiger partial charge in [0.05, 0.1) is 11.6 Å². The second-order valence-corrected chi connectivity index (χ2v) is 8.31. The molecule has 0 aliphatic carbocycles. The first-order valence-electron chi connectivity index (χ1n) is 10.3. The van der Waals surface area contributed by atoms with Gasteiger partial charge in [0.15, 0.2) is 5.92 Å². The number of ether oxygens (including phenoxy) is 1. The molecule has 0 heterocycles. The molecule has 0 aromatic heterocycles. The molecule has 0 radical (unpaired) electrons. The van der Waals surface area contributed by atoms with E-state index in [4.69, 9.17) is 14.9 Å². The van der Waals surface area contributed by atoms with E-state index in [0.29, 0.717) is 12.2 Å². The zero-order chi connectivity index (χ0) is 23.9. The van der Waals surface area contributed by atoms with Crippen molar-refractivity contribution in [3.8, 4) is 5.75 Å². The van der Waals surface area contributed by atoms with Crippen molar-refractivity contribution in [3.05, 3.63) is 65.2 Å². The number of aliphatic hydroxyl groups is 1. The number of carboxylic acids is 2. The van der Waals surface area contributed by atoms with Crippen LogP contribution >= 0.6 is 0 Å². The van der Waals surface area contributed by atoms with E-state index >= 15 is 0 Å². The second-order valence-electron chi connectivity index (χ2n) is 8.31. The highest BCUT2D eigenvalue weighted by molar-refractivity contribution is 5.98. The van der Waals surface area contributed by atoms with Crippen LogP contribution in [0.4, 0.5) is 0 Å². The molecule has 0 fully saturated rings. The largest absolute Gasteiger partial charge is 0.489 e. The number of carbonyl (C=O) groups excluding carboxylic acids is 1. The number of amides is 1. The van der Waals surface area contributed by atoms with E-state index in [1.54, 1.807) is 32.0 Å². The molecule has 8 nitrogen and oxygen atoms in total. The van der Waals surface area contributed by atoms with Crippen LogP contribution in [0.3, 0.4) is 0 Å². The number of carboxylic acid groups (broad SMARTS) is 2. The Hall–Kier alpha value is -3.39. The van der Waals surface area contributed by atoms with Gasteiger partial charge in [-0.3, -0.25) is 14.4 Å². The number of carbonyl (C=O) groups is 3. The number of rotatable bonds is 11. The molecule has 1 atom stereocenters. The Morgan fingerprint density at radius 1 is 1.00 bits per heavy atom. The van der Waals surface area contributed by atoms with E-state index in [2.05, 4.69) is 5.32 Å². The van der Waals surface area contributed by atoms with E-state index in [-0.39, 0.29) is 30.5 Å². The van der Waals surface area contributed by atoms with Gasteiger partial charge >= 0.3 is 11.9 Å². The molecule has 0 spiro atoms. The molecule has 0 saturated carbocycles. The second kappa shape index (κ2) is 10.8. The molecule has 0 aliphatic heterocycles. The summed E-state index contributed by atoms with van der Waals surface area (Å²) in [4.78, 5) is 34.4. The lowest BCUT2D eigenvalue weighted by atomic mass is 9.98. The molecule has 0 bridgehead atoms.